The molecule has 1 amide bonds. The average molecular weight is 559 g/mol. The summed E-state index contributed by atoms with van der Waals surface area (Å²) in [6, 6.07) is 18.1. The highest BCUT2D eigenvalue weighted by molar-refractivity contribution is 9.10. The lowest BCUT2D eigenvalue weighted by molar-refractivity contribution is -0.126. The summed E-state index contributed by atoms with van der Waals surface area (Å²) in [4.78, 5) is 18.1. The van der Waals surface area contributed by atoms with Gasteiger partial charge in [0.25, 0.3) is 5.91 Å². The summed E-state index contributed by atoms with van der Waals surface area (Å²) < 4.78 is 40.5. The van der Waals surface area contributed by atoms with E-state index in [2.05, 4.69) is 26.2 Å². The van der Waals surface area contributed by atoms with Gasteiger partial charge in [-0.15, -0.1) is 0 Å². The minimum Gasteiger partial charge on any atom is -0.494 e. The fourth-order valence-corrected chi connectivity index (χ4v) is 4.25. The second-order valence-corrected chi connectivity index (χ2v) is 9.19. The molecule has 1 atom stereocenters. The number of aliphatic imine (C=N–C) groups is 1. The topological polar surface area (TPSA) is 80.2 Å². The van der Waals surface area contributed by atoms with Crippen molar-refractivity contribution in [2.75, 3.05) is 19.8 Å². The van der Waals surface area contributed by atoms with Crippen LogP contribution in [0, 0.1) is 11.6 Å². The predicted octanol–water partition coefficient (Wildman–Crippen LogP) is 4.56. The molecule has 0 aromatic heterocycles. The molecule has 0 fully saturated rings. The predicted molar refractivity (Wildman–Crippen MR) is 135 cm³/mol. The Morgan fingerprint density at radius 3 is 2.50 bits per heavy atom. The number of hydrogen-bond acceptors (Lipinski definition) is 5. The SMILES string of the molecule is O=C(NCc1c(F)cccc1F)[C@@]1(Cc2ccccc2Br)COC(c2ccc(OCCCO)cc2)=N1. The molecule has 3 aromatic rings. The van der Waals surface area contributed by atoms with Gasteiger partial charge >= 0.3 is 0 Å². The van der Waals surface area contributed by atoms with Gasteiger partial charge in [0.05, 0.1) is 6.61 Å². The molecule has 188 valence electrons. The van der Waals surface area contributed by atoms with Crippen molar-refractivity contribution in [1.29, 1.82) is 0 Å². The highest BCUT2D eigenvalue weighted by atomic mass is 79.9. The third kappa shape index (κ3) is 5.91. The fraction of sp³-hybridized carbons (Fsp3) is 0.259. The molecule has 6 nitrogen and oxygen atoms in total. The highest BCUT2D eigenvalue weighted by Crippen LogP contribution is 2.30. The first-order valence-electron chi connectivity index (χ1n) is 11.4. The maximum atomic E-state index is 14.1. The molecule has 36 heavy (non-hydrogen) atoms. The summed E-state index contributed by atoms with van der Waals surface area (Å²) >= 11 is 3.52. The largest absolute Gasteiger partial charge is 0.494 e. The van der Waals surface area contributed by atoms with E-state index in [0.717, 1.165) is 22.2 Å². The molecular formula is C27H25BrF2N2O4. The first-order valence-corrected chi connectivity index (χ1v) is 12.2. The summed E-state index contributed by atoms with van der Waals surface area (Å²) in [5, 5.41) is 11.5. The van der Waals surface area contributed by atoms with Gasteiger partial charge in [-0.3, -0.25) is 4.79 Å². The molecule has 0 bridgehead atoms. The van der Waals surface area contributed by atoms with Crippen molar-refractivity contribution in [2.24, 2.45) is 4.99 Å². The number of nitrogens with zero attached hydrogens (tertiary/aromatic N) is 1. The van der Waals surface area contributed by atoms with E-state index in [4.69, 9.17) is 14.6 Å². The van der Waals surface area contributed by atoms with Gasteiger partial charge in [0, 0.05) is 41.6 Å². The lowest BCUT2D eigenvalue weighted by Crippen LogP contribution is -2.48. The van der Waals surface area contributed by atoms with Crippen LogP contribution in [0.25, 0.3) is 0 Å². The van der Waals surface area contributed by atoms with Gasteiger partial charge in [-0.05, 0) is 48.0 Å². The first kappa shape index (κ1) is 25.8. The average Bonchev–Trinajstić information content (AvgIpc) is 3.31. The Morgan fingerprint density at radius 2 is 1.81 bits per heavy atom. The fourth-order valence-electron chi connectivity index (χ4n) is 3.82. The zero-order chi connectivity index (χ0) is 25.5. The molecule has 0 aliphatic carbocycles. The number of carbonyl (C=O) groups excluding carboxylic acids is 1. The maximum Gasteiger partial charge on any atom is 0.252 e. The zero-order valence-corrected chi connectivity index (χ0v) is 20.9. The smallest absolute Gasteiger partial charge is 0.252 e. The van der Waals surface area contributed by atoms with Crippen molar-refractivity contribution < 1.29 is 28.2 Å². The van der Waals surface area contributed by atoms with Gasteiger partial charge in [0.15, 0.2) is 5.54 Å². The standard InChI is InChI=1S/C27H25BrF2N2O4/c28-22-6-2-1-5-19(22)15-27(26(34)31-16-21-23(29)7-3-8-24(21)30)17-36-25(32-27)18-9-11-20(12-10-18)35-14-4-13-33/h1-3,5-12,33H,4,13-17H2,(H,31,34)/t27-/m1/s1. The van der Waals surface area contributed by atoms with Gasteiger partial charge in [-0.1, -0.05) is 40.2 Å². The normalized spacial score (nSPS) is 16.8. The number of aliphatic hydroxyl groups excluding tert-OH is 1. The second kappa shape index (κ2) is 11.6. The molecule has 1 aliphatic rings. The van der Waals surface area contributed by atoms with Crippen LogP contribution >= 0.6 is 15.9 Å². The Labute approximate surface area is 216 Å². The second-order valence-electron chi connectivity index (χ2n) is 8.34. The zero-order valence-electron chi connectivity index (χ0n) is 19.3. The van der Waals surface area contributed by atoms with E-state index in [1.807, 2.05) is 24.3 Å². The third-order valence-electron chi connectivity index (χ3n) is 5.79. The number of aliphatic hydroxyl groups is 1. The van der Waals surface area contributed by atoms with E-state index < -0.39 is 23.1 Å². The summed E-state index contributed by atoms with van der Waals surface area (Å²) in [6.45, 7) is 0.0862. The summed E-state index contributed by atoms with van der Waals surface area (Å²) in [5.41, 5.74) is -0.0590. The Balaban J connectivity index is 1.59. The molecule has 3 aromatic carbocycles. The van der Waals surface area contributed by atoms with Crippen LogP contribution in [0.4, 0.5) is 8.78 Å². The number of ether oxygens (including phenoxy) is 2. The van der Waals surface area contributed by atoms with E-state index in [9.17, 15) is 13.6 Å². The Bertz CT molecular complexity index is 1230. The van der Waals surface area contributed by atoms with Crippen molar-refractivity contribution in [3.8, 4) is 5.75 Å². The lowest BCUT2D eigenvalue weighted by atomic mass is 9.91. The van der Waals surface area contributed by atoms with Crippen LogP contribution < -0.4 is 10.1 Å². The summed E-state index contributed by atoms with van der Waals surface area (Å²) in [6.07, 6.45) is 0.743. The van der Waals surface area contributed by atoms with E-state index in [-0.39, 0.29) is 37.6 Å². The quantitative estimate of drug-likeness (QED) is 0.357. The van der Waals surface area contributed by atoms with E-state index in [1.165, 1.54) is 6.07 Å². The van der Waals surface area contributed by atoms with Gasteiger partial charge < -0.3 is 19.9 Å². The molecule has 2 N–H and O–H groups in total. The Morgan fingerprint density at radius 1 is 1.08 bits per heavy atom. The molecule has 4 rings (SSSR count). The number of rotatable bonds is 10. The van der Waals surface area contributed by atoms with Gasteiger partial charge in [0.1, 0.15) is 24.0 Å². The Kier molecular flexibility index (Phi) is 8.32. The molecule has 1 aliphatic heterocycles. The molecule has 0 saturated heterocycles. The van der Waals surface area contributed by atoms with Crippen LogP contribution in [0.3, 0.4) is 0 Å². The number of amides is 1. The monoisotopic (exact) mass is 558 g/mol. The van der Waals surface area contributed by atoms with Gasteiger partial charge in [0.2, 0.25) is 5.90 Å². The maximum absolute atomic E-state index is 14.1. The lowest BCUT2D eigenvalue weighted by Gasteiger charge is -2.24. The van der Waals surface area contributed by atoms with Crippen LogP contribution in [0.5, 0.6) is 5.75 Å². The van der Waals surface area contributed by atoms with Crippen molar-refractivity contribution in [3.63, 3.8) is 0 Å². The molecule has 1 heterocycles. The van der Waals surface area contributed by atoms with E-state index >= 15 is 0 Å². The summed E-state index contributed by atoms with van der Waals surface area (Å²) in [5.74, 6) is -1.04. The van der Waals surface area contributed by atoms with Crippen molar-refractivity contribution in [3.05, 3.63) is 99.5 Å². The molecule has 9 heteroatoms. The van der Waals surface area contributed by atoms with Gasteiger partial charge in [-0.2, -0.15) is 0 Å². The molecule has 0 saturated carbocycles. The summed E-state index contributed by atoms with van der Waals surface area (Å²) in [7, 11) is 0. The molecular weight excluding hydrogens is 534 g/mol. The number of halogens is 3. The van der Waals surface area contributed by atoms with Crippen LogP contribution in [-0.4, -0.2) is 42.3 Å². The Hall–Kier alpha value is -3.30. The number of carbonyl (C=O) groups is 1. The molecule has 0 spiro atoms. The van der Waals surface area contributed by atoms with E-state index in [1.54, 1.807) is 24.3 Å². The first-order chi connectivity index (χ1) is 17.4. The molecule has 0 unspecified atom stereocenters. The van der Waals surface area contributed by atoms with Crippen molar-refractivity contribution in [2.45, 2.75) is 24.9 Å². The minimum absolute atomic E-state index is 0.0377. The van der Waals surface area contributed by atoms with Crippen LogP contribution in [-0.2, 0) is 22.5 Å². The minimum atomic E-state index is -1.34. The van der Waals surface area contributed by atoms with Crippen molar-refractivity contribution in [1.82, 2.24) is 5.32 Å². The van der Waals surface area contributed by atoms with Crippen molar-refractivity contribution >= 4 is 27.7 Å². The number of hydrogen-bond donors (Lipinski definition) is 2. The van der Waals surface area contributed by atoms with Crippen LogP contribution in [0.2, 0.25) is 0 Å². The van der Waals surface area contributed by atoms with Crippen LogP contribution in [0.1, 0.15) is 23.1 Å². The highest BCUT2D eigenvalue weighted by Gasteiger charge is 2.44. The number of nitrogens with one attached hydrogen (secondary N) is 1. The van der Waals surface area contributed by atoms with Gasteiger partial charge in [-0.25, -0.2) is 13.8 Å². The molecule has 0 radical (unpaired) electrons. The third-order valence-corrected chi connectivity index (χ3v) is 6.56. The number of benzene rings is 3. The van der Waals surface area contributed by atoms with Crippen LogP contribution in [0.15, 0.2) is 76.2 Å². The van der Waals surface area contributed by atoms with E-state index in [0.29, 0.717) is 24.3 Å².